The van der Waals surface area contributed by atoms with Crippen LogP contribution in [0.4, 0.5) is 11.4 Å². The number of hydrogen-bond acceptors (Lipinski definition) is 5. The van der Waals surface area contributed by atoms with E-state index in [2.05, 4.69) is 5.32 Å². The van der Waals surface area contributed by atoms with Crippen LogP contribution in [0.5, 0.6) is 11.5 Å². The zero-order chi connectivity index (χ0) is 22.2. The minimum atomic E-state index is -3.64. The van der Waals surface area contributed by atoms with Crippen LogP contribution in [0.25, 0.3) is 11.1 Å². The smallest absolute Gasteiger partial charge is 0.264 e. The van der Waals surface area contributed by atoms with Crippen molar-refractivity contribution < 1.29 is 22.7 Å². The second kappa shape index (κ2) is 7.96. The van der Waals surface area contributed by atoms with Crippen molar-refractivity contribution in [1.82, 2.24) is 0 Å². The number of ether oxygens (including phenoxy) is 2. The van der Waals surface area contributed by atoms with E-state index in [9.17, 15) is 13.2 Å². The van der Waals surface area contributed by atoms with Gasteiger partial charge in [-0.2, -0.15) is 0 Å². The Morgan fingerprint density at radius 3 is 2.45 bits per heavy atom. The molecule has 1 heterocycles. The number of anilines is 2. The SMILES string of the molecule is CCN1c2ccc(C(=O)Nc3cc(OC)ccc3OC)cc2-c2ccccc2S1(=O)=O. The van der Waals surface area contributed by atoms with Crippen molar-refractivity contribution in [3.05, 3.63) is 66.2 Å². The number of methoxy groups -OCH3 is 2. The molecule has 7 nitrogen and oxygen atoms in total. The molecule has 3 aromatic carbocycles. The summed E-state index contributed by atoms with van der Waals surface area (Å²) in [4.78, 5) is 13.3. The number of sulfonamides is 1. The fraction of sp³-hybridized carbons (Fsp3) is 0.174. The van der Waals surface area contributed by atoms with Crippen LogP contribution in [-0.4, -0.2) is 35.1 Å². The Labute approximate surface area is 181 Å². The third-order valence-electron chi connectivity index (χ3n) is 5.21. The van der Waals surface area contributed by atoms with E-state index >= 15 is 0 Å². The highest BCUT2D eigenvalue weighted by atomic mass is 32.2. The average molecular weight is 439 g/mol. The van der Waals surface area contributed by atoms with E-state index in [0.717, 1.165) is 0 Å². The highest BCUT2D eigenvalue weighted by molar-refractivity contribution is 7.93. The molecular formula is C23H22N2O5S. The summed E-state index contributed by atoms with van der Waals surface area (Å²) in [5.74, 6) is 0.739. The van der Waals surface area contributed by atoms with Crippen LogP contribution < -0.4 is 19.1 Å². The van der Waals surface area contributed by atoms with Gasteiger partial charge in [-0.15, -0.1) is 0 Å². The molecule has 0 saturated heterocycles. The summed E-state index contributed by atoms with van der Waals surface area (Å²) >= 11 is 0. The van der Waals surface area contributed by atoms with Crippen molar-refractivity contribution in [3.8, 4) is 22.6 Å². The maximum absolute atomic E-state index is 13.0. The Balaban J connectivity index is 1.77. The number of amides is 1. The molecule has 0 spiro atoms. The summed E-state index contributed by atoms with van der Waals surface area (Å²) in [6, 6.07) is 17.0. The molecule has 4 rings (SSSR count). The summed E-state index contributed by atoms with van der Waals surface area (Å²) < 4.78 is 37.9. The number of nitrogens with one attached hydrogen (secondary N) is 1. The van der Waals surface area contributed by atoms with Gasteiger partial charge in [0.2, 0.25) is 0 Å². The van der Waals surface area contributed by atoms with Gasteiger partial charge in [0.15, 0.2) is 0 Å². The Bertz CT molecular complexity index is 1270. The molecule has 0 aliphatic carbocycles. The third kappa shape index (κ3) is 3.48. The molecule has 0 unspecified atom stereocenters. The Kier molecular flexibility index (Phi) is 5.32. The van der Waals surface area contributed by atoms with Crippen molar-refractivity contribution >= 4 is 27.3 Å². The maximum Gasteiger partial charge on any atom is 0.264 e. The van der Waals surface area contributed by atoms with Crippen LogP contribution in [0, 0.1) is 0 Å². The van der Waals surface area contributed by atoms with Gasteiger partial charge in [0.05, 0.1) is 30.5 Å². The quantitative estimate of drug-likeness (QED) is 0.647. The third-order valence-corrected chi connectivity index (χ3v) is 7.16. The zero-order valence-electron chi connectivity index (χ0n) is 17.4. The number of rotatable bonds is 5. The summed E-state index contributed by atoms with van der Waals surface area (Å²) in [6.07, 6.45) is 0. The molecule has 31 heavy (non-hydrogen) atoms. The first-order chi connectivity index (χ1) is 14.9. The molecule has 0 fully saturated rings. The molecule has 1 aliphatic heterocycles. The molecule has 1 amide bonds. The van der Waals surface area contributed by atoms with E-state index in [1.165, 1.54) is 11.4 Å². The monoisotopic (exact) mass is 438 g/mol. The first kappa shape index (κ1) is 20.7. The lowest BCUT2D eigenvalue weighted by atomic mass is 10.00. The Hall–Kier alpha value is -3.52. The number of carbonyl (C=O) groups excluding carboxylic acids is 1. The fourth-order valence-corrected chi connectivity index (χ4v) is 5.42. The summed E-state index contributed by atoms with van der Waals surface area (Å²) in [6.45, 7) is 2.07. The second-order valence-corrected chi connectivity index (χ2v) is 8.75. The van der Waals surface area contributed by atoms with Gasteiger partial charge in [0.1, 0.15) is 11.5 Å². The van der Waals surface area contributed by atoms with Gasteiger partial charge in [-0.1, -0.05) is 18.2 Å². The van der Waals surface area contributed by atoms with Gasteiger partial charge in [0.25, 0.3) is 15.9 Å². The minimum Gasteiger partial charge on any atom is -0.497 e. The predicted octanol–water partition coefficient (Wildman–Crippen LogP) is 4.15. The number of nitrogens with zero attached hydrogens (tertiary/aromatic N) is 1. The molecule has 0 saturated carbocycles. The van der Waals surface area contributed by atoms with Crippen molar-refractivity contribution in [2.45, 2.75) is 11.8 Å². The normalized spacial score (nSPS) is 13.7. The van der Waals surface area contributed by atoms with Crippen LogP contribution in [0.15, 0.2) is 65.6 Å². The van der Waals surface area contributed by atoms with Crippen molar-refractivity contribution in [2.24, 2.45) is 0 Å². The maximum atomic E-state index is 13.0. The van der Waals surface area contributed by atoms with Crippen LogP contribution in [0.2, 0.25) is 0 Å². The van der Waals surface area contributed by atoms with Gasteiger partial charge >= 0.3 is 0 Å². The largest absolute Gasteiger partial charge is 0.497 e. The Morgan fingerprint density at radius 2 is 1.74 bits per heavy atom. The zero-order valence-corrected chi connectivity index (χ0v) is 18.2. The first-order valence-corrected chi connectivity index (χ1v) is 11.1. The number of benzene rings is 3. The molecule has 0 radical (unpaired) electrons. The summed E-state index contributed by atoms with van der Waals surface area (Å²) in [5.41, 5.74) is 2.70. The minimum absolute atomic E-state index is 0.233. The van der Waals surface area contributed by atoms with Crippen LogP contribution in [-0.2, 0) is 10.0 Å². The van der Waals surface area contributed by atoms with E-state index < -0.39 is 10.0 Å². The van der Waals surface area contributed by atoms with E-state index in [1.54, 1.807) is 74.7 Å². The lowest BCUT2D eigenvalue weighted by molar-refractivity contribution is 0.102. The highest BCUT2D eigenvalue weighted by Gasteiger charge is 2.34. The van der Waals surface area contributed by atoms with Crippen molar-refractivity contribution in [2.75, 3.05) is 30.4 Å². The molecule has 1 N–H and O–H groups in total. The molecule has 1 aliphatic rings. The van der Waals surface area contributed by atoms with Crippen LogP contribution in [0.3, 0.4) is 0 Å². The van der Waals surface area contributed by atoms with Gasteiger partial charge in [-0.05, 0) is 43.3 Å². The molecule has 160 valence electrons. The van der Waals surface area contributed by atoms with Gasteiger partial charge in [-0.3, -0.25) is 9.10 Å². The lowest BCUT2D eigenvalue weighted by Gasteiger charge is -2.31. The first-order valence-electron chi connectivity index (χ1n) is 9.70. The van der Waals surface area contributed by atoms with E-state index in [0.29, 0.717) is 39.6 Å². The molecule has 0 atom stereocenters. The molecule has 0 bridgehead atoms. The number of hydrogen-bond donors (Lipinski definition) is 1. The number of carbonyl (C=O) groups is 1. The Morgan fingerprint density at radius 1 is 0.968 bits per heavy atom. The number of fused-ring (bicyclic) bond motifs is 3. The average Bonchev–Trinajstić information content (AvgIpc) is 2.79. The summed E-state index contributed by atoms with van der Waals surface area (Å²) in [5, 5.41) is 2.85. The van der Waals surface area contributed by atoms with E-state index in [1.807, 2.05) is 0 Å². The standard InChI is InChI=1S/C23H22N2O5S/c1-4-25-20-11-9-15(13-18(20)17-7-5-6-8-22(17)31(25,27)28)23(26)24-19-14-16(29-2)10-12-21(19)30-3/h5-14H,4H2,1-3H3,(H,24,26). The van der Waals surface area contributed by atoms with Crippen LogP contribution in [0.1, 0.15) is 17.3 Å². The van der Waals surface area contributed by atoms with Gasteiger partial charge in [0, 0.05) is 29.3 Å². The predicted molar refractivity (Wildman–Crippen MR) is 120 cm³/mol. The topological polar surface area (TPSA) is 84.9 Å². The van der Waals surface area contributed by atoms with Gasteiger partial charge < -0.3 is 14.8 Å². The molecule has 3 aromatic rings. The van der Waals surface area contributed by atoms with Crippen molar-refractivity contribution in [3.63, 3.8) is 0 Å². The van der Waals surface area contributed by atoms with E-state index in [4.69, 9.17) is 9.47 Å². The van der Waals surface area contributed by atoms with E-state index in [-0.39, 0.29) is 17.3 Å². The van der Waals surface area contributed by atoms with Crippen LogP contribution >= 0.6 is 0 Å². The van der Waals surface area contributed by atoms with Crippen molar-refractivity contribution in [1.29, 1.82) is 0 Å². The highest BCUT2D eigenvalue weighted by Crippen LogP contribution is 2.43. The second-order valence-electron chi connectivity index (χ2n) is 6.92. The molecule has 0 aromatic heterocycles. The molecule has 8 heteroatoms. The van der Waals surface area contributed by atoms with Gasteiger partial charge in [-0.25, -0.2) is 8.42 Å². The lowest BCUT2D eigenvalue weighted by Crippen LogP contribution is -2.34. The fourth-order valence-electron chi connectivity index (χ4n) is 3.72. The summed E-state index contributed by atoms with van der Waals surface area (Å²) in [7, 11) is -0.578. The molecular weight excluding hydrogens is 416 g/mol.